The largest absolute Gasteiger partial charge is 0.493 e. The SMILES string of the molecule is O=C(CCOc1cccc(Br)c1)NC1(CO)CCCC1. The minimum atomic E-state index is -0.396. The number of carbonyl (C=O) groups is 1. The van der Waals surface area contributed by atoms with Crippen LogP contribution in [0.4, 0.5) is 0 Å². The molecule has 1 saturated carbocycles. The van der Waals surface area contributed by atoms with Gasteiger partial charge >= 0.3 is 0 Å². The number of nitrogens with one attached hydrogen (secondary N) is 1. The van der Waals surface area contributed by atoms with Gasteiger partial charge in [-0.3, -0.25) is 4.79 Å². The Bertz CT molecular complexity index is 458. The number of aliphatic hydroxyl groups excluding tert-OH is 1. The Morgan fingerprint density at radius 3 is 2.80 bits per heavy atom. The van der Waals surface area contributed by atoms with Crippen molar-refractivity contribution >= 4 is 21.8 Å². The first-order valence-corrected chi connectivity index (χ1v) is 7.73. The average molecular weight is 342 g/mol. The van der Waals surface area contributed by atoms with Gasteiger partial charge in [0.2, 0.25) is 5.91 Å². The summed E-state index contributed by atoms with van der Waals surface area (Å²) in [5.74, 6) is 0.681. The summed E-state index contributed by atoms with van der Waals surface area (Å²) < 4.78 is 6.48. The van der Waals surface area contributed by atoms with Crippen LogP contribution in [0.1, 0.15) is 32.1 Å². The van der Waals surface area contributed by atoms with Gasteiger partial charge < -0.3 is 15.2 Å². The van der Waals surface area contributed by atoms with E-state index in [0.29, 0.717) is 13.0 Å². The van der Waals surface area contributed by atoms with Crippen LogP contribution in [0.3, 0.4) is 0 Å². The lowest BCUT2D eigenvalue weighted by molar-refractivity contribution is -0.124. The van der Waals surface area contributed by atoms with Gasteiger partial charge in [-0.15, -0.1) is 0 Å². The van der Waals surface area contributed by atoms with Crippen molar-refractivity contribution in [1.82, 2.24) is 5.32 Å². The third kappa shape index (κ3) is 4.21. The highest BCUT2D eigenvalue weighted by atomic mass is 79.9. The molecule has 0 radical (unpaired) electrons. The first-order chi connectivity index (χ1) is 9.63. The number of rotatable bonds is 6. The van der Waals surface area contributed by atoms with Crippen molar-refractivity contribution in [3.05, 3.63) is 28.7 Å². The van der Waals surface area contributed by atoms with Crippen LogP contribution >= 0.6 is 15.9 Å². The van der Waals surface area contributed by atoms with Crippen molar-refractivity contribution in [2.75, 3.05) is 13.2 Å². The van der Waals surface area contributed by atoms with Crippen molar-refractivity contribution in [3.8, 4) is 5.75 Å². The number of carbonyl (C=O) groups excluding carboxylic acids is 1. The second kappa shape index (κ2) is 7.09. The molecule has 0 heterocycles. The fourth-order valence-electron chi connectivity index (χ4n) is 2.55. The van der Waals surface area contributed by atoms with E-state index >= 15 is 0 Å². The van der Waals surface area contributed by atoms with E-state index in [0.717, 1.165) is 35.9 Å². The molecule has 0 atom stereocenters. The Morgan fingerprint density at radius 1 is 1.40 bits per heavy atom. The molecule has 5 heteroatoms. The molecule has 1 aliphatic rings. The van der Waals surface area contributed by atoms with Gasteiger partial charge in [0.05, 0.1) is 25.2 Å². The van der Waals surface area contributed by atoms with Crippen LogP contribution in [0, 0.1) is 0 Å². The third-order valence-corrected chi connectivity index (χ3v) is 4.16. The molecule has 110 valence electrons. The molecule has 0 saturated heterocycles. The van der Waals surface area contributed by atoms with E-state index in [-0.39, 0.29) is 12.5 Å². The number of halogens is 1. The summed E-state index contributed by atoms with van der Waals surface area (Å²) in [4.78, 5) is 11.9. The standard InChI is InChI=1S/C15H20BrNO3/c16-12-4-3-5-13(10-12)20-9-6-14(19)17-15(11-18)7-1-2-8-15/h3-5,10,18H,1-2,6-9,11H2,(H,17,19). The summed E-state index contributed by atoms with van der Waals surface area (Å²) in [6.07, 6.45) is 4.16. The molecule has 4 nitrogen and oxygen atoms in total. The maximum atomic E-state index is 11.9. The van der Waals surface area contributed by atoms with E-state index in [1.165, 1.54) is 0 Å². The van der Waals surface area contributed by atoms with Crippen LogP contribution in [0.5, 0.6) is 5.75 Å². The van der Waals surface area contributed by atoms with Crippen molar-refractivity contribution in [3.63, 3.8) is 0 Å². The summed E-state index contributed by atoms with van der Waals surface area (Å²) in [6.45, 7) is 0.356. The van der Waals surface area contributed by atoms with E-state index in [2.05, 4.69) is 21.2 Å². The van der Waals surface area contributed by atoms with Gasteiger partial charge in [-0.05, 0) is 31.0 Å². The van der Waals surface area contributed by atoms with E-state index in [9.17, 15) is 9.90 Å². The fourth-order valence-corrected chi connectivity index (χ4v) is 2.93. The lowest BCUT2D eigenvalue weighted by Crippen LogP contribution is -2.49. The highest BCUT2D eigenvalue weighted by molar-refractivity contribution is 9.10. The van der Waals surface area contributed by atoms with E-state index in [1.54, 1.807) is 0 Å². The molecule has 0 aliphatic heterocycles. The molecule has 2 rings (SSSR count). The molecule has 0 aromatic heterocycles. The average Bonchev–Trinajstić information content (AvgIpc) is 2.88. The maximum Gasteiger partial charge on any atom is 0.223 e. The molecule has 0 unspecified atom stereocenters. The van der Waals surface area contributed by atoms with Crippen molar-refractivity contribution in [2.45, 2.75) is 37.6 Å². The molecular formula is C15H20BrNO3. The second-order valence-corrected chi connectivity index (χ2v) is 6.17. The Hall–Kier alpha value is -1.07. The topological polar surface area (TPSA) is 58.6 Å². The lowest BCUT2D eigenvalue weighted by atomic mass is 9.99. The fraction of sp³-hybridized carbons (Fsp3) is 0.533. The van der Waals surface area contributed by atoms with Crippen LogP contribution in [0.15, 0.2) is 28.7 Å². The van der Waals surface area contributed by atoms with Crippen LogP contribution in [-0.4, -0.2) is 29.8 Å². The summed E-state index contributed by atoms with van der Waals surface area (Å²) >= 11 is 3.37. The highest BCUT2D eigenvalue weighted by Crippen LogP contribution is 2.29. The summed E-state index contributed by atoms with van der Waals surface area (Å²) in [7, 11) is 0. The Kier molecular flexibility index (Phi) is 5.43. The first kappa shape index (κ1) is 15.3. The normalized spacial score (nSPS) is 16.9. The van der Waals surface area contributed by atoms with Gasteiger partial charge in [-0.25, -0.2) is 0 Å². The number of hydrogen-bond acceptors (Lipinski definition) is 3. The minimum Gasteiger partial charge on any atom is -0.493 e. The molecule has 2 N–H and O–H groups in total. The second-order valence-electron chi connectivity index (χ2n) is 5.25. The van der Waals surface area contributed by atoms with E-state index in [1.807, 2.05) is 24.3 Å². The van der Waals surface area contributed by atoms with Gasteiger partial charge in [-0.2, -0.15) is 0 Å². The van der Waals surface area contributed by atoms with Crippen molar-refractivity contribution in [1.29, 1.82) is 0 Å². The van der Waals surface area contributed by atoms with Crippen LogP contribution < -0.4 is 10.1 Å². The molecule has 1 fully saturated rings. The van der Waals surface area contributed by atoms with Gasteiger partial charge in [0.25, 0.3) is 0 Å². The molecule has 1 aliphatic carbocycles. The quantitative estimate of drug-likeness (QED) is 0.836. The van der Waals surface area contributed by atoms with E-state index < -0.39 is 5.54 Å². The molecule has 1 aromatic rings. The predicted molar refractivity (Wildman–Crippen MR) is 80.7 cm³/mol. The van der Waals surface area contributed by atoms with Crippen LogP contribution in [-0.2, 0) is 4.79 Å². The summed E-state index contributed by atoms with van der Waals surface area (Å²) in [6, 6.07) is 7.53. The van der Waals surface area contributed by atoms with Crippen molar-refractivity contribution in [2.24, 2.45) is 0 Å². The summed E-state index contributed by atoms with van der Waals surface area (Å²) in [5, 5.41) is 12.4. The number of hydrogen-bond donors (Lipinski definition) is 2. The molecule has 1 amide bonds. The zero-order valence-electron chi connectivity index (χ0n) is 11.4. The molecule has 20 heavy (non-hydrogen) atoms. The van der Waals surface area contributed by atoms with Gasteiger partial charge in [0, 0.05) is 4.47 Å². The Balaban J connectivity index is 1.75. The Labute approximate surface area is 127 Å². The zero-order valence-corrected chi connectivity index (χ0v) is 13.0. The molecule has 0 bridgehead atoms. The summed E-state index contributed by atoms with van der Waals surface area (Å²) in [5.41, 5.74) is -0.396. The number of aliphatic hydroxyl groups is 1. The van der Waals surface area contributed by atoms with Gasteiger partial charge in [-0.1, -0.05) is 34.8 Å². The smallest absolute Gasteiger partial charge is 0.223 e. The monoisotopic (exact) mass is 341 g/mol. The lowest BCUT2D eigenvalue weighted by Gasteiger charge is -2.27. The van der Waals surface area contributed by atoms with Crippen LogP contribution in [0.25, 0.3) is 0 Å². The first-order valence-electron chi connectivity index (χ1n) is 6.94. The molecular weight excluding hydrogens is 322 g/mol. The number of amides is 1. The van der Waals surface area contributed by atoms with Crippen molar-refractivity contribution < 1.29 is 14.6 Å². The number of ether oxygens (including phenoxy) is 1. The van der Waals surface area contributed by atoms with E-state index in [4.69, 9.17) is 4.74 Å². The highest BCUT2D eigenvalue weighted by Gasteiger charge is 2.34. The minimum absolute atomic E-state index is 0.0191. The maximum absolute atomic E-state index is 11.9. The third-order valence-electron chi connectivity index (χ3n) is 3.66. The van der Waals surface area contributed by atoms with Gasteiger partial charge in [0.1, 0.15) is 5.75 Å². The Morgan fingerprint density at radius 2 is 2.15 bits per heavy atom. The zero-order chi connectivity index (χ0) is 14.4. The predicted octanol–water partition coefficient (Wildman–Crippen LogP) is 2.64. The van der Waals surface area contributed by atoms with Crippen LogP contribution in [0.2, 0.25) is 0 Å². The van der Waals surface area contributed by atoms with Gasteiger partial charge in [0.15, 0.2) is 0 Å². The number of benzene rings is 1. The molecule has 0 spiro atoms. The molecule has 1 aromatic carbocycles.